The molecule has 4 aromatic heterocycles. The van der Waals surface area contributed by atoms with Gasteiger partial charge in [-0.1, -0.05) is 206 Å². The second-order valence-electron chi connectivity index (χ2n) is 17.6. The van der Waals surface area contributed by atoms with E-state index in [0.717, 1.165) is 110 Å². The maximum atomic E-state index is 6.78. The number of hydrogen-bond donors (Lipinski definition) is 0. The van der Waals surface area contributed by atoms with Crippen molar-refractivity contribution < 1.29 is 4.42 Å². The van der Waals surface area contributed by atoms with Gasteiger partial charge < -0.3 is 8.98 Å². The molecule has 0 aliphatic carbocycles. The molecule has 0 radical (unpaired) electrons. The van der Waals surface area contributed by atoms with Crippen LogP contribution in [0.15, 0.2) is 241 Å². The van der Waals surface area contributed by atoms with Crippen molar-refractivity contribution in [1.29, 1.82) is 0 Å². The maximum Gasteiger partial charge on any atom is 0.238 e. The van der Waals surface area contributed by atoms with E-state index in [0.29, 0.717) is 17.6 Å². The molecule has 0 fully saturated rings. The molecular formula is C63H39N5O. The first kappa shape index (κ1) is 38.8. The average molecular weight is 882 g/mol. The number of benzene rings is 10. The van der Waals surface area contributed by atoms with E-state index in [-0.39, 0.29) is 0 Å². The van der Waals surface area contributed by atoms with Gasteiger partial charge in [0.05, 0.1) is 22.1 Å². The summed E-state index contributed by atoms with van der Waals surface area (Å²) < 4.78 is 11.5. The predicted molar refractivity (Wildman–Crippen MR) is 283 cm³/mol. The van der Waals surface area contributed by atoms with Gasteiger partial charge in [0.2, 0.25) is 5.95 Å². The number of nitrogens with zero attached hydrogens (tertiary/aromatic N) is 5. The van der Waals surface area contributed by atoms with Crippen LogP contribution in [-0.2, 0) is 0 Å². The molecule has 14 aromatic rings. The summed E-state index contributed by atoms with van der Waals surface area (Å²) in [7, 11) is 0. The zero-order valence-electron chi connectivity index (χ0n) is 37.2. The molecule has 322 valence electrons. The molecule has 0 amide bonds. The molecule has 14 rings (SSSR count). The summed E-state index contributed by atoms with van der Waals surface area (Å²) in [6.07, 6.45) is 0. The molecule has 0 spiro atoms. The van der Waals surface area contributed by atoms with Crippen LogP contribution < -0.4 is 0 Å². The van der Waals surface area contributed by atoms with Crippen LogP contribution in [0, 0.1) is 0 Å². The van der Waals surface area contributed by atoms with Crippen LogP contribution >= 0.6 is 0 Å². The molecular weight excluding hydrogens is 843 g/mol. The summed E-state index contributed by atoms with van der Waals surface area (Å²) >= 11 is 0. The third-order valence-corrected chi connectivity index (χ3v) is 13.6. The van der Waals surface area contributed by atoms with Crippen LogP contribution in [-0.4, -0.2) is 24.1 Å². The molecule has 0 N–H and O–H groups in total. The second kappa shape index (κ2) is 15.6. The van der Waals surface area contributed by atoms with E-state index in [1.54, 1.807) is 0 Å². The molecule has 0 atom stereocenters. The monoisotopic (exact) mass is 881 g/mol. The molecule has 4 heterocycles. The van der Waals surface area contributed by atoms with Crippen molar-refractivity contribution in [2.45, 2.75) is 0 Å². The van der Waals surface area contributed by atoms with Crippen molar-refractivity contribution in [3.8, 4) is 67.8 Å². The Bertz CT molecular complexity index is 4270. The smallest absolute Gasteiger partial charge is 0.238 e. The van der Waals surface area contributed by atoms with Crippen molar-refractivity contribution >= 4 is 65.6 Å². The van der Waals surface area contributed by atoms with Gasteiger partial charge in [0.15, 0.2) is 11.6 Å². The normalized spacial score (nSPS) is 11.8. The van der Waals surface area contributed by atoms with E-state index >= 15 is 0 Å². The van der Waals surface area contributed by atoms with Gasteiger partial charge in [0.1, 0.15) is 11.2 Å². The fraction of sp³-hybridized carbons (Fsp3) is 0. The third-order valence-electron chi connectivity index (χ3n) is 13.6. The summed E-state index contributed by atoms with van der Waals surface area (Å²) in [5.41, 5.74) is 15.4. The van der Waals surface area contributed by atoms with Crippen LogP contribution in [0.3, 0.4) is 0 Å². The van der Waals surface area contributed by atoms with Gasteiger partial charge in [0, 0.05) is 54.7 Å². The van der Waals surface area contributed by atoms with Gasteiger partial charge in [-0.3, -0.25) is 4.57 Å². The Morgan fingerprint density at radius 2 is 0.739 bits per heavy atom. The summed E-state index contributed by atoms with van der Waals surface area (Å²) in [5, 5.41) is 6.61. The lowest BCUT2D eigenvalue weighted by atomic mass is 9.98. The average Bonchev–Trinajstić information content (AvgIpc) is 4.09. The molecule has 10 aromatic carbocycles. The first-order chi connectivity index (χ1) is 34.2. The van der Waals surface area contributed by atoms with Crippen LogP contribution in [0.2, 0.25) is 0 Å². The van der Waals surface area contributed by atoms with E-state index in [1.165, 1.54) is 5.56 Å². The lowest BCUT2D eigenvalue weighted by Gasteiger charge is -2.15. The molecule has 0 saturated carbocycles. The van der Waals surface area contributed by atoms with Gasteiger partial charge in [-0.05, 0) is 58.1 Å². The summed E-state index contributed by atoms with van der Waals surface area (Å²) in [4.78, 5) is 15.9. The molecule has 0 aliphatic rings. The van der Waals surface area contributed by atoms with Crippen molar-refractivity contribution in [2.24, 2.45) is 0 Å². The van der Waals surface area contributed by atoms with Gasteiger partial charge in [-0.15, -0.1) is 0 Å². The van der Waals surface area contributed by atoms with E-state index in [9.17, 15) is 0 Å². The number of para-hydroxylation sites is 3. The first-order valence-corrected chi connectivity index (χ1v) is 23.3. The van der Waals surface area contributed by atoms with Crippen LogP contribution in [0.5, 0.6) is 0 Å². The Hall–Kier alpha value is -9.39. The highest BCUT2D eigenvalue weighted by atomic mass is 16.3. The standard InChI is InChI=1S/C63H39N5O/c1-4-16-40(17-5-1)42-28-32-44(33-29-42)53-38-47(39-54-50-24-12-15-27-57(50)69-60(53)54)67-55-25-13-10-22-48(55)51-36-37-52-49-23-11-14-26-56(49)68(59(52)58(51)67)63-65-61(45-20-8-3-9-21-45)64-62(66-63)46-34-30-43(31-35-46)41-18-6-2-7-19-41/h1-39H. The van der Waals surface area contributed by atoms with Gasteiger partial charge >= 0.3 is 0 Å². The SMILES string of the molecule is c1ccc(-c2ccc(-c3nc(-c4ccccc4)nc(-n4c5ccccc5c5ccc6c7ccccc7n(-c7cc(-c8ccc(-c9ccccc9)cc8)c8oc9ccccc9c8c7)c6c54)n3)cc2)cc1. The minimum absolute atomic E-state index is 0.539. The van der Waals surface area contributed by atoms with E-state index in [1.807, 2.05) is 30.3 Å². The fourth-order valence-electron chi connectivity index (χ4n) is 10.4. The summed E-state index contributed by atoms with van der Waals surface area (Å²) in [5.74, 6) is 1.73. The number of furan rings is 1. The van der Waals surface area contributed by atoms with Crippen molar-refractivity contribution in [2.75, 3.05) is 0 Å². The number of rotatable bonds is 7. The molecule has 6 heteroatoms. The highest BCUT2D eigenvalue weighted by Crippen LogP contribution is 2.44. The molecule has 69 heavy (non-hydrogen) atoms. The van der Waals surface area contributed by atoms with Gasteiger partial charge in [-0.2, -0.15) is 9.97 Å². The van der Waals surface area contributed by atoms with Crippen molar-refractivity contribution in [1.82, 2.24) is 24.1 Å². The number of aromatic nitrogens is 5. The largest absolute Gasteiger partial charge is 0.455 e. The lowest BCUT2D eigenvalue weighted by Crippen LogP contribution is -2.07. The Balaban J connectivity index is 1.06. The third kappa shape index (κ3) is 6.30. The van der Waals surface area contributed by atoms with E-state index in [2.05, 4.69) is 215 Å². The fourth-order valence-corrected chi connectivity index (χ4v) is 10.4. The molecule has 0 saturated heterocycles. The topological polar surface area (TPSA) is 61.7 Å². The number of hydrogen-bond acceptors (Lipinski definition) is 4. The Morgan fingerprint density at radius 3 is 1.33 bits per heavy atom. The van der Waals surface area contributed by atoms with Crippen LogP contribution in [0.25, 0.3) is 133 Å². The lowest BCUT2D eigenvalue weighted by molar-refractivity contribution is 0.670. The zero-order chi connectivity index (χ0) is 45.4. The van der Waals surface area contributed by atoms with Gasteiger partial charge in [-0.25, -0.2) is 4.98 Å². The Morgan fingerprint density at radius 1 is 0.304 bits per heavy atom. The quantitative estimate of drug-likeness (QED) is 0.160. The number of fused-ring (bicyclic) bond motifs is 10. The minimum atomic E-state index is 0.539. The molecule has 0 unspecified atom stereocenters. The Labute approximate surface area is 396 Å². The van der Waals surface area contributed by atoms with Gasteiger partial charge in [0.25, 0.3) is 0 Å². The van der Waals surface area contributed by atoms with Crippen molar-refractivity contribution in [3.05, 3.63) is 237 Å². The van der Waals surface area contributed by atoms with Crippen LogP contribution in [0.4, 0.5) is 0 Å². The molecule has 0 bridgehead atoms. The van der Waals surface area contributed by atoms with E-state index < -0.39 is 0 Å². The molecule has 0 aliphatic heterocycles. The predicted octanol–water partition coefficient (Wildman–Crippen LogP) is 16.3. The summed E-state index contributed by atoms with van der Waals surface area (Å²) in [6.45, 7) is 0. The van der Waals surface area contributed by atoms with Crippen LogP contribution in [0.1, 0.15) is 0 Å². The summed E-state index contributed by atoms with van der Waals surface area (Å²) in [6, 6.07) is 83.3. The first-order valence-electron chi connectivity index (χ1n) is 23.3. The Kier molecular flexibility index (Phi) is 8.79. The maximum absolute atomic E-state index is 6.78. The van der Waals surface area contributed by atoms with Crippen molar-refractivity contribution in [3.63, 3.8) is 0 Å². The minimum Gasteiger partial charge on any atom is -0.455 e. The highest BCUT2D eigenvalue weighted by molar-refractivity contribution is 6.24. The second-order valence-corrected chi connectivity index (χ2v) is 17.6. The highest BCUT2D eigenvalue weighted by Gasteiger charge is 2.25. The molecule has 6 nitrogen and oxygen atoms in total. The van der Waals surface area contributed by atoms with E-state index in [4.69, 9.17) is 19.4 Å². The zero-order valence-corrected chi connectivity index (χ0v) is 37.2.